The minimum absolute atomic E-state index is 0.355. The van der Waals surface area contributed by atoms with Crippen LogP contribution in [0.25, 0.3) is 0 Å². The fourth-order valence-electron chi connectivity index (χ4n) is 3.42. The van der Waals surface area contributed by atoms with Crippen LogP contribution in [0.5, 0.6) is 0 Å². The summed E-state index contributed by atoms with van der Waals surface area (Å²) in [5.41, 5.74) is 0.989. The molecule has 2 saturated carbocycles. The van der Waals surface area contributed by atoms with Gasteiger partial charge < -0.3 is 0 Å². The summed E-state index contributed by atoms with van der Waals surface area (Å²) in [6.07, 6.45) is 5.69. The van der Waals surface area contributed by atoms with Gasteiger partial charge in [0.1, 0.15) is 5.78 Å². The van der Waals surface area contributed by atoms with Crippen LogP contribution in [0.3, 0.4) is 0 Å². The van der Waals surface area contributed by atoms with Gasteiger partial charge in [0.25, 0.3) is 0 Å². The lowest BCUT2D eigenvalue weighted by molar-refractivity contribution is -0.120. The molecule has 2 atom stereocenters. The molecule has 2 unspecified atom stereocenters. The average molecular weight is 249 g/mol. The van der Waals surface area contributed by atoms with Crippen LogP contribution in [0.1, 0.15) is 31.2 Å². The Labute approximate surface area is 107 Å². The molecule has 0 radical (unpaired) electrons. The summed E-state index contributed by atoms with van der Waals surface area (Å²) in [6, 6.07) is 7.69. The van der Waals surface area contributed by atoms with Crippen molar-refractivity contribution < 1.29 is 4.79 Å². The van der Waals surface area contributed by atoms with Crippen LogP contribution in [-0.4, -0.2) is 5.78 Å². The van der Waals surface area contributed by atoms with Gasteiger partial charge in [-0.2, -0.15) is 0 Å². The van der Waals surface area contributed by atoms with Gasteiger partial charge in [-0.25, -0.2) is 0 Å². The molecule has 0 bridgehead atoms. The quantitative estimate of drug-likeness (QED) is 0.793. The second-order valence-electron chi connectivity index (χ2n) is 5.37. The fraction of sp³-hybridized carbons (Fsp3) is 0.533. The molecule has 17 heavy (non-hydrogen) atoms. The first-order valence-corrected chi connectivity index (χ1v) is 6.91. The van der Waals surface area contributed by atoms with Crippen LogP contribution in [0.4, 0.5) is 0 Å². The third kappa shape index (κ3) is 2.13. The number of carbonyl (C=O) groups is 1. The summed E-state index contributed by atoms with van der Waals surface area (Å²) in [4.78, 5) is 12.2. The van der Waals surface area contributed by atoms with Crippen LogP contribution in [0, 0.1) is 17.8 Å². The van der Waals surface area contributed by atoms with Crippen molar-refractivity contribution in [1.82, 2.24) is 0 Å². The van der Waals surface area contributed by atoms with Crippen molar-refractivity contribution in [3.05, 3.63) is 34.9 Å². The number of fused-ring (bicyclic) bond motifs is 1. The largest absolute Gasteiger partial charge is 0.299 e. The van der Waals surface area contributed by atoms with Gasteiger partial charge in [0.15, 0.2) is 0 Å². The molecule has 1 aromatic carbocycles. The minimum Gasteiger partial charge on any atom is -0.299 e. The standard InChI is InChI=1S/C15H17ClO/c16-13-8-4-1-5-10(13)9-14(17)15-11-6-2-3-7-12(11)15/h1,4-5,8,11-12,15H,2-3,6-7,9H2. The van der Waals surface area contributed by atoms with Gasteiger partial charge in [-0.3, -0.25) is 4.79 Å². The summed E-state index contributed by atoms with van der Waals surface area (Å²) in [5, 5.41) is 0.726. The first kappa shape index (κ1) is 11.3. The molecule has 0 N–H and O–H groups in total. The SMILES string of the molecule is O=C(Cc1ccccc1Cl)C1C2CCCCC21. The monoisotopic (exact) mass is 248 g/mol. The number of hydrogen-bond donors (Lipinski definition) is 0. The third-order valence-corrected chi connectivity index (χ3v) is 4.72. The number of Topliss-reactive ketones (excluding diaryl/α,β-unsaturated/α-hetero) is 1. The van der Waals surface area contributed by atoms with Crippen LogP contribution in [0.15, 0.2) is 24.3 Å². The smallest absolute Gasteiger partial charge is 0.140 e. The molecule has 2 fully saturated rings. The molecule has 1 nitrogen and oxygen atoms in total. The zero-order valence-electron chi connectivity index (χ0n) is 9.86. The maximum absolute atomic E-state index is 12.2. The number of benzene rings is 1. The summed E-state index contributed by atoms with van der Waals surface area (Å²) < 4.78 is 0. The van der Waals surface area contributed by atoms with Crippen LogP contribution < -0.4 is 0 Å². The van der Waals surface area contributed by atoms with Crippen LogP contribution in [-0.2, 0) is 11.2 Å². The Balaban J connectivity index is 1.67. The van der Waals surface area contributed by atoms with Crippen molar-refractivity contribution in [1.29, 1.82) is 0 Å². The molecular formula is C15H17ClO. The summed E-state index contributed by atoms with van der Waals surface area (Å²) in [6.45, 7) is 0. The second-order valence-corrected chi connectivity index (χ2v) is 5.78. The Morgan fingerprint density at radius 1 is 1.18 bits per heavy atom. The highest BCUT2D eigenvalue weighted by Gasteiger charge is 2.53. The molecule has 0 saturated heterocycles. The van der Waals surface area contributed by atoms with E-state index in [1.807, 2.05) is 24.3 Å². The van der Waals surface area contributed by atoms with Gasteiger partial charge in [0.2, 0.25) is 0 Å². The summed E-state index contributed by atoms with van der Waals surface area (Å²) >= 11 is 6.09. The van der Waals surface area contributed by atoms with E-state index >= 15 is 0 Å². The van der Waals surface area contributed by atoms with E-state index in [2.05, 4.69) is 0 Å². The highest BCUT2D eigenvalue weighted by molar-refractivity contribution is 6.31. The number of hydrogen-bond acceptors (Lipinski definition) is 1. The molecular weight excluding hydrogens is 232 g/mol. The minimum atomic E-state index is 0.355. The zero-order chi connectivity index (χ0) is 11.8. The highest BCUT2D eigenvalue weighted by Crippen LogP contribution is 2.56. The third-order valence-electron chi connectivity index (χ3n) is 4.35. The van der Waals surface area contributed by atoms with Crippen LogP contribution in [0.2, 0.25) is 5.02 Å². The van der Waals surface area contributed by atoms with Crippen molar-refractivity contribution in [2.45, 2.75) is 32.1 Å². The molecule has 0 spiro atoms. The lowest BCUT2D eigenvalue weighted by atomic mass is 10.0. The van der Waals surface area contributed by atoms with Gasteiger partial charge in [-0.15, -0.1) is 0 Å². The van der Waals surface area contributed by atoms with Gasteiger partial charge >= 0.3 is 0 Å². The zero-order valence-corrected chi connectivity index (χ0v) is 10.6. The van der Waals surface area contributed by atoms with Crippen LogP contribution >= 0.6 is 11.6 Å². The Hall–Kier alpha value is -0.820. The van der Waals surface area contributed by atoms with Crippen molar-refractivity contribution in [2.24, 2.45) is 17.8 Å². The second kappa shape index (κ2) is 4.45. The predicted molar refractivity (Wildman–Crippen MR) is 69.1 cm³/mol. The Morgan fingerprint density at radius 2 is 1.82 bits per heavy atom. The van der Waals surface area contributed by atoms with E-state index in [0.29, 0.717) is 30.0 Å². The van der Waals surface area contributed by atoms with E-state index in [1.54, 1.807) is 0 Å². The van der Waals surface area contributed by atoms with Gasteiger partial charge in [-0.05, 0) is 36.3 Å². The number of ketones is 1. The summed E-state index contributed by atoms with van der Waals surface area (Å²) in [7, 11) is 0. The Bertz CT molecular complexity index is 428. The normalized spacial score (nSPS) is 30.8. The van der Waals surface area contributed by atoms with Crippen molar-refractivity contribution in [2.75, 3.05) is 0 Å². The maximum atomic E-state index is 12.2. The average Bonchev–Trinajstić information content (AvgIpc) is 3.06. The Morgan fingerprint density at radius 3 is 2.47 bits per heavy atom. The lowest BCUT2D eigenvalue weighted by Gasteiger charge is -2.04. The van der Waals surface area contributed by atoms with Crippen molar-refractivity contribution >= 4 is 17.4 Å². The predicted octanol–water partition coefficient (Wildman–Crippen LogP) is 3.89. The van der Waals surface area contributed by atoms with Crippen molar-refractivity contribution in [3.63, 3.8) is 0 Å². The molecule has 90 valence electrons. The highest BCUT2D eigenvalue weighted by atomic mass is 35.5. The number of halogens is 1. The molecule has 0 aliphatic heterocycles. The molecule has 0 heterocycles. The van der Waals surface area contributed by atoms with E-state index in [0.717, 1.165) is 10.6 Å². The fourth-order valence-corrected chi connectivity index (χ4v) is 3.62. The van der Waals surface area contributed by atoms with Crippen molar-refractivity contribution in [3.8, 4) is 0 Å². The first-order chi connectivity index (χ1) is 8.27. The van der Waals surface area contributed by atoms with E-state index in [4.69, 9.17) is 11.6 Å². The van der Waals surface area contributed by atoms with Gasteiger partial charge in [0, 0.05) is 17.4 Å². The molecule has 0 aromatic heterocycles. The van der Waals surface area contributed by atoms with Gasteiger partial charge in [0.05, 0.1) is 0 Å². The molecule has 3 rings (SSSR count). The van der Waals surface area contributed by atoms with E-state index in [1.165, 1.54) is 25.7 Å². The van der Waals surface area contributed by atoms with Gasteiger partial charge in [-0.1, -0.05) is 42.6 Å². The maximum Gasteiger partial charge on any atom is 0.140 e. The van der Waals surface area contributed by atoms with E-state index in [9.17, 15) is 4.79 Å². The lowest BCUT2D eigenvalue weighted by Crippen LogP contribution is -2.07. The molecule has 1 aromatic rings. The molecule has 2 heteroatoms. The first-order valence-electron chi connectivity index (χ1n) is 6.53. The summed E-state index contributed by atoms with van der Waals surface area (Å²) in [5.74, 6) is 2.18. The van der Waals surface area contributed by atoms with E-state index < -0.39 is 0 Å². The molecule has 2 aliphatic carbocycles. The topological polar surface area (TPSA) is 17.1 Å². The Kier molecular flexibility index (Phi) is 2.96. The molecule has 0 amide bonds. The molecule has 2 aliphatic rings. The van der Waals surface area contributed by atoms with E-state index in [-0.39, 0.29) is 0 Å². The number of rotatable bonds is 3. The number of carbonyl (C=O) groups excluding carboxylic acids is 1.